The number of rotatable bonds is 6. The van der Waals surface area contributed by atoms with Crippen molar-refractivity contribution in [1.82, 2.24) is 15.4 Å². The molecule has 1 aromatic heterocycles. The first-order chi connectivity index (χ1) is 9.22. The van der Waals surface area contributed by atoms with Crippen LogP contribution in [0.1, 0.15) is 35.5 Å². The molecular weight excluding hydrogens is 246 g/mol. The van der Waals surface area contributed by atoms with Gasteiger partial charge in [0.2, 0.25) is 0 Å². The van der Waals surface area contributed by atoms with Crippen molar-refractivity contribution in [3.05, 3.63) is 17.5 Å². The molecule has 104 valence electrons. The van der Waals surface area contributed by atoms with E-state index in [0.717, 1.165) is 12.6 Å². The zero-order chi connectivity index (χ0) is 13.2. The highest BCUT2D eigenvalue weighted by Crippen LogP contribution is 2.31. The second kappa shape index (κ2) is 5.30. The highest BCUT2D eigenvalue weighted by atomic mass is 16.5. The molecule has 3 rings (SSSR count). The van der Waals surface area contributed by atoms with E-state index < -0.39 is 5.97 Å². The van der Waals surface area contributed by atoms with E-state index >= 15 is 0 Å². The van der Waals surface area contributed by atoms with Crippen LogP contribution in [0.25, 0.3) is 0 Å². The summed E-state index contributed by atoms with van der Waals surface area (Å²) in [4.78, 5) is 13.2. The third-order valence-corrected chi connectivity index (χ3v) is 3.89. The number of likely N-dealkylation sites (tertiary alicyclic amines) is 1. The predicted molar refractivity (Wildman–Crippen MR) is 67.9 cm³/mol. The topological polar surface area (TPSA) is 78.6 Å². The molecule has 1 aliphatic carbocycles. The molecule has 0 aromatic carbocycles. The summed E-state index contributed by atoms with van der Waals surface area (Å²) in [6, 6.07) is 2.33. The van der Waals surface area contributed by atoms with E-state index in [1.54, 1.807) is 0 Å². The van der Waals surface area contributed by atoms with Crippen LogP contribution >= 0.6 is 0 Å². The Bertz CT molecular complexity index is 456. The van der Waals surface area contributed by atoms with Crippen LogP contribution in [0.4, 0.5) is 0 Å². The summed E-state index contributed by atoms with van der Waals surface area (Å²) in [6.07, 6.45) is 3.99. The molecule has 6 nitrogen and oxygen atoms in total. The number of carboxylic acid groups (broad SMARTS) is 1. The fourth-order valence-corrected chi connectivity index (χ4v) is 2.70. The third-order valence-electron chi connectivity index (χ3n) is 3.89. The van der Waals surface area contributed by atoms with Crippen LogP contribution in [-0.2, 0) is 6.54 Å². The molecule has 2 N–H and O–H groups in total. The SMILES string of the molecule is O=C(O)c1cc(CNCC2CCN(C3CC3)C2)on1. The van der Waals surface area contributed by atoms with Crippen molar-refractivity contribution in [3.63, 3.8) is 0 Å². The van der Waals surface area contributed by atoms with Crippen LogP contribution in [0.3, 0.4) is 0 Å². The molecule has 1 unspecified atom stereocenters. The highest BCUT2D eigenvalue weighted by Gasteiger charge is 2.33. The van der Waals surface area contributed by atoms with Gasteiger partial charge in [0.05, 0.1) is 6.54 Å². The van der Waals surface area contributed by atoms with Crippen molar-refractivity contribution in [2.24, 2.45) is 5.92 Å². The summed E-state index contributed by atoms with van der Waals surface area (Å²) in [5.74, 6) is 0.225. The van der Waals surface area contributed by atoms with Crippen molar-refractivity contribution in [2.75, 3.05) is 19.6 Å². The maximum Gasteiger partial charge on any atom is 0.358 e. The summed E-state index contributed by atoms with van der Waals surface area (Å²) in [6.45, 7) is 3.91. The van der Waals surface area contributed by atoms with Gasteiger partial charge in [0.15, 0.2) is 11.5 Å². The summed E-state index contributed by atoms with van der Waals surface area (Å²) in [5, 5.41) is 15.5. The Morgan fingerprint density at radius 3 is 3.05 bits per heavy atom. The van der Waals surface area contributed by atoms with Gasteiger partial charge in [-0.15, -0.1) is 0 Å². The minimum absolute atomic E-state index is 0.0300. The Labute approximate surface area is 111 Å². The van der Waals surface area contributed by atoms with Crippen molar-refractivity contribution in [1.29, 1.82) is 0 Å². The van der Waals surface area contributed by atoms with E-state index in [1.165, 1.54) is 38.4 Å². The van der Waals surface area contributed by atoms with Crippen molar-refractivity contribution in [2.45, 2.75) is 31.8 Å². The minimum atomic E-state index is -1.05. The first-order valence-electron chi connectivity index (χ1n) is 6.86. The Morgan fingerprint density at radius 1 is 1.53 bits per heavy atom. The fourth-order valence-electron chi connectivity index (χ4n) is 2.70. The number of aromatic nitrogens is 1. The number of hydrogen-bond donors (Lipinski definition) is 2. The van der Waals surface area contributed by atoms with Crippen LogP contribution in [0.15, 0.2) is 10.6 Å². The maximum atomic E-state index is 10.7. The summed E-state index contributed by atoms with van der Waals surface area (Å²) >= 11 is 0. The number of carboxylic acids is 1. The molecule has 0 spiro atoms. The van der Waals surface area contributed by atoms with E-state index in [4.69, 9.17) is 9.63 Å². The molecule has 19 heavy (non-hydrogen) atoms. The molecule has 0 radical (unpaired) electrons. The van der Waals surface area contributed by atoms with Crippen LogP contribution in [0, 0.1) is 5.92 Å². The first-order valence-corrected chi connectivity index (χ1v) is 6.86. The average molecular weight is 265 g/mol. The molecule has 6 heteroatoms. The molecule has 0 amide bonds. The molecule has 2 aliphatic rings. The van der Waals surface area contributed by atoms with Gasteiger partial charge in [0.1, 0.15) is 0 Å². The molecule has 1 saturated heterocycles. The molecule has 1 atom stereocenters. The number of aromatic carboxylic acids is 1. The first kappa shape index (κ1) is 12.6. The van der Waals surface area contributed by atoms with Gasteiger partial charge in [0, 0.05) is 18.7 Å². The zero-order valence-electron chi connectivity index (χ0n) is 10.8. The molecule has 1 aromatic rings. The van der Waals surface area contributed by atoms with Gasteiger partial charge in [-0.2, -0.15) is 0 Å². The number of carbonyl (C=O) groups is 1. The molecule has 2 heterocycles. The van der Waals surface area contributed by atoms with Gasteiger partial charge in [-0.05, 0) is 38.3 Å². The predicted octanol–water partition coefficient (Wildman–Crippen LogP) is 0.947. The normalized spacial score (nSPS) is 23.9. The smallest absolute Gasteiger partial charge is 0.358 e. The largest absolute Gasteiger partial charge is 0.476 e. The van der Waals surface area contributed by atoms with Crippen LogP contribution in [0.2, 0.25) is 0 Å². The fraction of sp³-hybridized carbons (Fsp3) is 0.692. The highest BCUT2D eigenvalue weighted by molar-refractivity contribution is 5.85. The molecule has 0 bridgehead atoms. The molecule has 1 saturated carbocycles. The summed E-state index contributed by atoms with van der Waals surface area (Å²) < 4.78 is 4.96. The van der Waals surface area contributed by atoms with Gasteiger partial charge in [-0.1, -0.05) is 5.16 Å². The molecule has 2 fully saturated rings. The Kier molecular flexibility index (Phi) is 3.52. The second-order valence-corrected chi connectivity index (χ2v) is 5.50. The number of nitrogens with one attached hydrogen (secondary N) is 1. The maximum absolute atomic E-state index is 10.7. The van der Waals surface area contributed by atoms with Crippen LogP contribution < -0.4 is 5.32 Å². The van der Waals surface area contributed by atoms with Gasteiger partial charge in [-0.3, -0.25) is 0 Å². The molecular formula is C13H19N3O3. The molecule has 1 aliphatic heterocycles. The van der Waals surface area contributed by atoms with E-state index in [1.807, 2.05) is 0 Å². The lowest BCUT2D eigenvalue weighted by Gasteiger charge is -2.14. The van der Waals surface area contributed by atoms with Crippen molar-refractivity contribution < 1.29 is 14.4 Å². The Morgan fingerprint density at radius 2 is 2.37 bits per heavy atom. The van der Waals surface area contributed by atoms with Gasteiger partial charge in [0.25, 0.3) is 0 Å². The lowest BCUT2D eigenvalue weighted by Crippen LogP contribution is -2.27. The summed E-state index contributed by atoms with van der Waals surface area (Å²) in [5.41, 5.74) is -0.0300. The van der Waals surface area contributed by atoms with Crippen LogP contribution in [0.5, 0.6) is 0 Å². The quantitative estimate of drug-likeness (QED) is 0.797. The average Bonchev–Trinajstić information content (AvgIpc) is 2.94. The van der Waals surface area contributed by atoms with E-state index in [2.05, 4.69) is 15.4 Å². The van der Waals surface area contributed by atoms with Gasteiger partial charge < -0.3 is 19.8 Å². The number of hydrogen-bond acceptors (Lipinski definition) is 5. The number of nitrogens with zero attached hydrogens (tertiary/aromatic N) is 2. The van der Waals surface area contributed by atoms with Crippen molar-refractivity contribution in [3.8, 4) is 0 Å². The monoisotopic (exact) mass is 265 g/mol. The van der Waals surface area contributed by atoms with E-state index in [9.17, 15) is 4.79 Å². The summed E-state index contributed by atoms with van der Waals surface area (Å²) in [7, 11) is 0. The van der Waals surface area contributed by atoms with Crippen molar-refractivity contribution >= 4 is 5.97 Å². The van der Waals surface area contributed by atoms with Gasteiger partial charge >= 0.3 is 5.97 Å². The van der Waals surface area contributed by atoms with E-state index in [0.29, 0.717) is 18.2 Å². The lowest BCUT2D eigenvalue weighted by molar-refractivity contribution is 0.0685. The third kappa shape index (κ3) is 3.13. The Balaban J connectivity index is 1.39. The standard InChI is InChI=1S/C13H19N3O3/c17-13(18)12-5-11(19-15-12)7-14-6-9-3-4-16(8-9)10-1-2-10/h5,9-10,14H,1-4,6-8H2,(H,17,18). The van der Waals surface area contributed by atoms with Gasteiger partial charge in [-0.25, -0.2) is 4.79 Å². The van der Waals surface area contributed by atoms with Crippen LogP contribution in [-0.4, -0.2) is 46.8 Å². The lowest BCUT2D eigenvalue weighted by atomic mass is 10.1. The van der Waals surface area contributed by atoms with E-state index in [-0.39, 0.29) is 5.69 Å². The Hall–Kier alpha value is -1.40. The second-order valence-electron chi connectivity index (χ2n) is 5.50. The zero-order valence-corrected chi connectivity index (χ0v) is 10.8. The minimum Gasteiger partial charge on any atom is -0.476 e.